The molecule has 0 unspecified atom stereocenters. The van der Waals surface area contributed by atoms with Gasteiger partial charge in [0.05, 0.1) is 0 Å². The van der Waals surface area contributed by atoms with E-state index in [4.69, 9.17) is 0 Å². The van der Waals surface area contributed by atoms with E-state index >= 15 is 0 Å². The Hall–Kier alpha value is -0.326. The van der Waals surface area contributed by atoms with E-state index in [9.17, 15) is 0 Å². The standard InChI is InChI=1S/2C8H11.Ti.2H/c2*1-2-5-8-6-3-4-7-8;;;/h2*3,6H,2,4-5H2,1H3;;;/q;;;2*-1. The third-order valence-corrected chi connectivity index (χ3v) is 5.98. The van der Waals surface area contributed by atoms with Crippen molar-refractivity contribution < 1.29 is 22.0 Å². The summed E-state index contributed by atoms with van der Waals surface area (Å²) in [7, 11) is 0. The van der Waals surface area contributed by atoms with Crippen LogP contribution in [0.2, 0.25) is 0 Å². The minimum atomic E-state index is -0.000648. The van der Waals surface area contributed by atoms with E-state index in [0.29, 0.717) is 0 Å². The van der Waals surface area contributed by atoms with E-state index in [1.165, 1.54) is 38.5 Å². The molecular weight excluding hydrogens is 240 g/mol. The average Bonchev–Trinajstić information content (AvgIpc) is 2.92. The quantitative estimate of drug-likeness (QED) is 0.569. The third-order valence-electron chi connectivity index (χ3n) is 3.40. The summed E-state index contributed by atoms with van der Waals surface area (Å²) in [4.78, 5) is 0. The molecule has 17 heavy (non-hydrogen) atoms. The Labute approximate surface area is 117 Å². The molecule has 94 valence electrons. The van der Waals surface area contributed by atoms with Crippen LogP contribution in [-0.2, 0) is 19.2 Å². The summed E-state index contributed by atoms with van der Waals surface area (Å²) < 4.78 is 3.61. The minimum absolute atomic E-state index is 0. The average molecular weight is 264 g/mol. The van der Waals surface area contributed by atoms with E-state index in [1.54, 1.807) is 18.9 Å². The van der Waals surface area contributed by atoms with Crippen LogP contribution < -0.4 is 0 Å². The van der Waals surface area contributed by atoms with Crippen LogP contribution in [0, 0.1) is 0 Å². The first-order valence-corrected chi connectivity index (χ1v) is 8.45. The normalized spacial score (nSPS) is 18.7. The van der Waals surface area contributed by atoms with E-state index in [0.717, 1.165) is 0 Å². The molecule has 0 nitrogen and oxygen atoms in total. The van der Waals surface area contributed by atoms with Crippen LogP contribution in [0.3, 0.4) is 0 Å². The Bertz CT molecular complexity index is 365. The first-order valence-electron chi connectivity index (χ1n) is 6.89. The first-order chi connectivity index (χ1) is 8.35. The van der Waals surface area contributed by atoms with Gasteiger partial charge >= 0.3 is 115 Å². The molecule has 0 aliphatic heterocycles. The number of allylic oxidation sites excluding steroid dienone is 8. The summed E-state index contributed by atoms with van der Waals surface area (Å²) in [6, 6.07) is 0. The van der Waals surface area contributed by atoms with Crippen molar-refractivity contribution in [2.24, 2.45) is 0 Å². The fraction of sp³-hybridized carbons (Fsp3) is 0.500. The number of hydrogen-bond acceptors (Lipinski definition) is 0. The Morgan fingerprint density at radius 2 is 1.41 bits per heavy atom. The van der Waals surface area contributed by atoms with Crippen molar-refractivity contribution in [1.29, 1.82) is 0 Å². The van der Waals surface area contributed by atoms with Gasteiger partial charge in [0.25, 0.3) is 0 Å². The van der Waals surface area contributed by atoms with Crippen molar-refractivity contribution in [3.05, 3.63) is 43.2 Å². The van der Waals surface area contributed by atoms with Gasteiger partial charge in [-0.1, -0.05) is 0 Å². The van der Waals surface area contributed by atoms with E-state index in [2.05, 4.69) is 38.2 Å². The van der Waals surface area contributed by atoms with Crippen LogP contribution in [0.5, 0.6) is 0 Å². The number of rotatable bonds is 6. The maximum Gasteiger partial charge on any atom is -1.00 e. The van der Waals surface area contributed by atoms with Gasteiger partial charge in [-0.05, 0) is 0 Å². The van der Waals surface area contributed by atoms with Crippen molar-refractivity contribution in [3.63, 3.8) is 0 Å². The Balaban J connectivity index is 0.00000162. The predicted octanol–water partition coefficient (Wildman–Crippen LogP) is 5.32. The monoisotopic (exact) mass is 264 g/mol. The van der Waals surface area contributed by atoms with Crippen molar-refractivity contribution in [1.82, 2.24) is 0 Å². The van der Waals surface area contributed by atoms with Gasteiger partial charge in [0, 0.05) is 0 Å². The summed E-state index contributed by atoms with van der Waals surface area (Å²) >= 11 is -0.000648. The van der Waals surface area contributed by atoms with Gasteiger partial charge < -0.3 is 2.85 Å². The van der Waals surface area contributed by atoms with E-state index in [1.807, 2.05) is 0 Å². The van der Waals surface area contributed by atoms with Crippen LogP contribution in [0.1, 0.15) is 55.2 Å². The second-order valence-corrected chi connectivity index (χ2v) is 7.12. The predicted molar refractivity (Wildman–Crippen MR) is 73.6 cm³/mol. The molecular formula is C16H24Ti-2. The molecule has 0 spiro atoms. The van der Waals surface area contributed by atoms with Crippen molar-refractivity contribution >= 4 is 0 Å². The summed E-state index contributed by atoms with van der Waals surface area (Å²) in [6.45, 7) is 4.57. The second kappa shape index (κ2) is 6.56. The van der Waals surface area contributed by atoms with Crippen molar-refractivity contribution in [2.45, 2.75) is 52.4 Å². The summed E-state index contributed by atoms with van der Waals surface area (Å²) in [6.07, 6.45) is 17.1. The molecule has 0 radical (unpaired) electrons. The molecule has 0 N–H and O–H groups in total. The molecule has 0 saturated carbocycles. The van der Waals surface area contributed by atoms with Crippen LogP contribution in [0.15, 0.2) is 43.2 Å². The minimum Gasteiger partial charge on any atom is -1.00 e. The Kier molecular flexibility index (Phi) is 5.06. The van der Waals surface area contributed by atoms with Gasteiger partial charge in [0.2, 0.25) is 0 Å². The van der Waals surface area contributed by atoms with Crippen LogP contribution in [-0.4, -0.2) is 0 Å². The van der Waals surface area contributed by atoms with Gasteiger partial charge in [-0.25, -0.2) is 0 Å². The molecule has 2 aliphatic rings. The van der Waals surface area contributed by atoms with Crippen LogP contribution >= 0.6 is 0 Å². The fourth-order valence-electron chi connectivity index (χ4n) is 2.55. The van der Waals surface area contributed by atoms with Crippen molar-refractivity contribution in [2.75, 3.05) is 0 Å². The largest absolute Gasteiger partial charge is 1.00 e. The topological polar surface area (TPSA) is 0 Å². The molecule has 0 amide bonds. The maximum absolute atomic E-state index is 2.38. The third kappa shape index (κ3) is 3.33. The molecule has 0 aromatic heterocycles. The molecule has 2 rings (SSSR count). The zero-order valence-electron chi connectivity index (χ0n) is 13.1. The smallest absolute Gasteiger partial charge is 1.00 e. The zero-order valence-corrected chi connectivity index (χ0v) is 12.6. The second-order valence-electron chi connectivity index (χ2n) is 4.85. The van der Waals surface area contributed by atoms with E-state index in [-0.39, 0.29) is 22.0 Å². The van der Waals surface area contributed by atoms with Gasteiger partial charge in [-0.2, -0.15) is 0 Å². The first kappa shape index (κ1) is 13.1. The molecule has 2 aliphatic carbocycles. The van der Waals surface area contributed by atoms with Crippen LogP contribution in [0.4, 0.5) is 0 Å². The molecule has 0 atom stereocenters. The fourth-order valence-corrected chi connectivity index (χ4v) is 4.96. The SMILES string of the molecule is CCCC1=[C]([Ti][C]2=C(CCC)C=CC2)CC=C1.[H-].[H-]. The molecule has 0 saturated heterocycles. The van der Waals surface area contributed by atoms with E-state index < -0.39 is 0 Å². The summed E-state index contributed by atoms with van der Waals surface area (Å²) in [5.41, 5.74) is 3.34. The molecule has 0 heterocycles. The molecule has 1 heteroatoms. The Morgan fingerprint density at radius 1 is 0.941 bits per heavy atom. The van der Waals surface area contributed by atoms with Gasteiger partial charge in [0.1, 0.15) is 0 Å². The number of hydrogen-bond donors (Lipinski definition) is 0. The van der Waals surface area contributed by atoms with Gasteiger partial charge in [-0.15, -0.1) is 0 Å². The van der Waals surface area contributed by atoms with Gasteiger partial charge in [-0.3, -0.25) is 0 Å². The zero-order chi connectivity index (χ0) is 12.1. The summed E-state index contributed by atoms with van der Waals surface area (Å²) in [5, 5.41) is 0. The molecule has 0 aromatic rings. The van der Waals surface area contributed by atoms with Gasteiger partial charge in [0.15, 0.2) is 0 Å². The maximum atomic E-state index is 2.38. The van der Waals surface area contributed by atoms with Crippen molar-refractivity contribution in [3.8, 4) is 0 Å². The molecule has 0 bridgehead atoms. The van der Waals surface area contributed by atoms with Crippen LogP contribution in [0.25, 0.3) is 0 Å². The Morgan fingerprint density at radius 3 is 1.82 bits per heavy atom. The molecule has 0 fully saturated rings. The summed E-state index contributed by atoms with van der Waals surface area (Å²) in [5.74, 6) is 0. The molecule has 0 aromatic carbocycles.